The molecule has 0 saturated carbocycles. The first-order chi connectivity index (χ1) is 14.3. The van der Waals surface area contributed by atoms with E-state index in [2.05, 4.69) is 31.5 Å². The largest absolute Gasteiger partial charge is 0.496 e. The summed E-state index contributed by atoms with van der Waals surface area (Å²) in [5, 5.41) is 18.7. The van der Waals surface area contributed by atoms with Gasteiger partial charge in [0, 0.05) is 27.5 Å². The fraction of sp³-hybridized carbons (Fsp3) is 0.105. The van der Waals surface area contributed by atoms with Crippen molar-refractivity contribution in [2.24, 2.45) is 0 Å². The average molecular weight is 507 g/mol. The van der Waals surface area contributed by atoms with Gasteiger partial charge in [-0.25, -0.2) is 4.98 Å². The number of nitro benzene ring substituents is 1. The molecule has 11 heteroatoms. The summed E-state index contributed by atoms with van der Waals surface area (Å²) in [6, 6.07) is 9.68. The van der Waals surface area contributed by atoms with Crippen LogP contribution in [-0.4, -0.2) is 28.0 Å². The highest BCUT2D eigenvalue weighted by Crippen LogP contribution is 2.29. The highest BCUT2D eigenvalue weighted by molar-refractivity contribution is 9.10. The second kappa shape index (κ2) is 9.28. The molecule has 8 nitrogen and oxygen atoms in total. The van der Waals surface area contributed by atoms with Gasteiger partial charge in [-0.2, -0.15) is 0 Å². The Balaban J connectivity index is 1.71. The van der Waals surface area contributed by atoms with Crippen LogP contribution in [0.4, 0.5) is 10.8 Å². The van der Waals surface area contributed by atoms with Gasteiger partial charge in [-0.05, 0) is 36.8 Å². The number of hydrogen-bond donors (Lipinski definition) is 2. The monoisotopic (exact) mass is 506 g/mol. The van der Waals surface area contributed by atoms with Crippen molar-refractivity contribution < 1.29 is 14.5 Å². The zero-order valence-corrected chi connectivity index (χ0v) is 19.0. The van der Waals surface area contributed by atoms with Gasteiger partial charge < -0.3 is 10.1 Å². The Labute approximate surface area is 189 Å². The second-order valence-corrected chi connectivity index (χ2v) is 8.24. The van der Waals surface area contributed by atoms with E-state index >= 15 is 0 Å². The predicted octanol–water partition coefficient (Wildman–Crippen LogP) is 4.92. The van der Waals surface area contributed by atoms with E-state index in [1.165, 1.54) is 30.6 Å². The maximum Gasteiger partial charge on any atom is 0.270 e. The van der Waals surface area contributed by atoms with Crippen LogP contribution < -0.4 is 15.4 Å². The molecular formula is C19H15BrN4O4S2. The molecule has 2 N–H and O–H groups in total. The summed E-state index contributed by atoms with van der Waals surface area (Å²) in [5.41, 5.74) is 2.29. The van der Waals surface area contributed by atoms with E-state index in [0.717, 1.165) is 10.0 Å². The molecule has 0 saturated heterocycles. The zero-order chi connectivity index (χ0) is 21.8. The number of rotatable bonds is 5. The maximum atomic E-state index is 12.6. The highest BCUT2D eigenvalue weighted by atomic mass is 79.9. The first-order valence-corrected chi connectivity index (χ1v) is 10.5. The van der Waals surface area contributed by atoms with Crippen molar-refractivity contribution in [2.45, 2.75) is 6.92 Å². The van der Waals surface area contributed by atoms with Gasteiger partial charge in [0.05, 0.1) is 23.3 Å². The molecule has 0 aliphatic carbocycles. The number of thiazole rings is 1. The number of thiocarbonyl (C=S) groups is 1. The number of carbonyl (C=O) groups excluding carboxylic acids is 1. The van der Waals surface area contributed by atoms with E-state index in [4.69, 9.17) is 17.0 Å². The predicted molar refractivity (Wildman–Crippen MR) is 123 cm³/mol. The Kier molecular flexibility index (Phi) is 6.75. The molecule has 0 bridgehead atoms. The number of anilines is 1. The molecule has 0 radical (unpaired) electrons. The van der Waals surface area contributed by atoms with Crippen molar-refractivity contribution >= 4 is 61.3 Å². The Morgan fingerprint density at radius 2 is 2.10 bits per heavy atom. The van der Waals surface area contributed by atoms with Crippen LogP contribution in [0, 0.1) is 17.0 Å². The summed E-state index contributed by atoms with van der Waals surface area (Å²) in [5.74, 6) is 0.0323. The van der Waals surface area contributed by atoms with Crippen LogP contribution in [0.5, 0.6) is 5.75 Å². The quantitative estimate of drug-likeness (QED) is 0.287. The molecule has 0 fully saturated rings. The molecule has 1 heterocycles. The molecule has 154 valence electrons. The minimum absolute atomic E-state index is 0.0175. The third-order valence-electron chi connectivity index (χ3n) is 3.99. The Morgan fingerprint density at radius 1 is 1.33 bits per heavy atom. The second-order valence-electron chi connectivity index (χ2n) is 6.06. The van der Waals surface area contributed by atoms with Gasteiger partial charge in [0.25, 0.3) is 11.6 Å². The molecular weight excluding hydrogens is 492 g/mol. The van der Waals surface area contributed by atoms with Gasteiger partial charge in [0.15, 0.2) is 10.2 Å². The van der Waals surface area contributed by atoms with E-state index in [0.29, 0.717) is 27.7 Å². The minimum atomic E-state index is -0.461. The number of amides is 1. The Hall–Kier alpha value is -2.89. The first kappa shape index (κ1) is 21.8. The van der Waals surface area contributed by atoms with Crippen LogP contribution in [0.2, 0.25) is 0 Å². The van der Waals surface area contributed by atoms with Crippen molar-refractivity contribution in [3.05, 3.63) is 67.5 Å². The summed E-state index contributed by atoms with van der Waals surface area (Å²) in [6.07, 6.45) is 0. The number of nitrogens with zero attached hydrogens (tertiary/aromatic N) is 2. The summed E-state index contributed by atoms with van der Waals surface area (Å²) in [6.45, 7) is 1.84. The van der Waals surface area contributed by atoms with Crippen LogP contribution in [0.25, 0.3) is 11.3 Å². The van der Waals surface area contributed by atoms with E-state index in [9.17, 15) is 14.9 Å². The van der Waals surface area contributed by atoms with Crippen LogP contribution in [-0.2, 0) is 0 Å². The topological polar surface area (TPSA) is 106 Å². The number of non-ortho nitro benzene ring substituents is 1. The number of ether oxygens (including phenoxy) is 1. The lowest BCUT2D eigenvalue weighted by atomic mass is 10.1. The van der Waals surface area contributed by atoms with Gasteiger partial charge >= 0.3 is 0 Å². The molecule has 1 aromatic heterocycles. The van der Waals surface area contributed by atoms with Gasteiger partial charge in [-0.3, -0.25) is 20.2 Å². The molecule has 1 amide bonds. The SMILES string of the molecule is COc1c(C)cc(Br)cc1C(=O)NC(=S)Nc1nc(-c2cccc([N+](=O)[O-])c2)cs1. The van der Waals surface area contributed by atoms with Gasteiger partial charge in [-0.15, -0.1) is 11.3 Å². The van der Waals surface area contributed by atoms with Gasteiger partial charge in [0.2, 0.25) is 0 Å². The van der Waals surface area contributed by atoms with E-state index < -0.39 is 10.8 Å². The number of aromatic nitrogens is 1. The van der Waals surface area contributed by atoms with E-state index in [1.807, 2.05) is 13.0 Å². The lowest BCUT2D eigenvalue weighted by Crippen LogP contribution is -2.34. The Morgan fingerprint density at radius 3 is 2.80 bits per heavy atom. The summed E-state index contributed by atoms with van der Waals surface area (Å²) >= 11 is 9.85. The van der Waals surface area contributed by atoms with Gasteiger partial charge in [0.1, 0.15) is 5.75 Å². The van der Waals surface area contributed by atoms with Crippen molar-refractivity contribution in [1.82, 2.24) is 10.3 Å². The molecule has 3 aromatic rings. The lowest BCUT2D eigenvalue weighted by Gasteiger charge is -2.13. The number of benzene rings is 2. The van der Waals surface area contributed by atoms with Crippen LogP contribution in [0.1, 0.15) is 15.9 Å². The molecule has 0 aliphatic heterocycles. The zero-order valence-electron chi connectivity index (χ0n) is 15.8. The van der Waals surface area contributed by atoms with Crippen LogP contribution in [0.3, 0.4) is 0 Å². The fourth-order valence-electron chi connectivity index (χ4n) is 2.71. The van der Waals surface area contributed by atoms with Crippen LogP contribution in [0.15, 0.2) is 46.3 Å². The van der Waals surface area contributed by atoms with Crippen molar-refractivity contribution in [3.63, 3.8) is 0 Å². The van der Waals surface area contributed by atoms with Crippen molar-refractivity contribution in [1.29, 1.82) is 0 Å². The first-order valence-electron chi connectivity index (χ1n) is 8.45. The van der Waals surface area contributed by atoms with Gasteiger partial charge in [-0.1, -0.05) is 28.1 Å². The van der Waals surface area contributed by atoms with E-state index in [1.54, 1.807) is 23.6 Å². The number of hydrogen-bond acceptors (Lipinski definition) is 7. The maximum absolute atomic E-state index is 12.6. The normalized spacial score (nSPS) is 10.4. The third kappa shape index (κ3) is 4.99. The molecule has 3 rings (SSSR count). The number of methoxy groups -OCH3 is 1. The number of aryl methyl sites for hydroxylation is 1. The average Bonchev–Trinajstić information content (AvgIpc) is 3.15. The summed E-state index contributed by atoms with van der Waals surface area (Å²) in [4.78, 5) is 27.5. The third-order valence-corrected chi connectivity index (χ3v) is 5.41. The summed E-state index contributed by atoms with van der Waals surface area (Å²) in [7, 11) is 1.49. The van der Waals surface area contributed by atoms with Crippen molar-refractivity contribution in [2.75, 3.05) is 12.4 Å². The number of nitrogens with one attached hydrogen (secondary N) is 2. The Bertz CT molecular complexity index is 1150. The highest BCUT2D eigenvalue weighted by Gasteiger charge is 2.17. The number of nitro groups is 1. The lowest BCUT2D eigenvalue weighted by molar-refractivity contribution is -0.384. The number of halogens is 1. The minimum Gasteiger partial charge on any atom is -0.496 e. The van der Waals surface area contributed by atoms with Crippen molar-refractivity contribution in [3.8, 4) is 17.0 Å². The smallest absolute Gasteiger partial charge is 0.270 e. The standard InChI is InChI=1S/C19H15BrN4O4S2/c1-10-6-12(20)8-14(16(10)28-2)17(25)22-18(29)23-19-21-15(9-30-19)11-4-3-5-13(7-11)24(26)27/h3-9H,1-2H3,(H2,21,22,23,25,29). The number of carbonyl (C=O) groups is 1. The molecule has 0 atom stereocenters. The van der Waals surface area contributed by atoms with Crippen LogP contribution >= 0.6 is 39.5 Å². The molecule has 0 aliphatic rings. The molecule has 0 spiro atoms. The molecule has 30 heavy (non-hydrogen) atoms. The molecule has 0 unspecified atom stereocenters. The van der Waals surface area contributed by atoms with E-state index in [-0.39, 0.29) is 10.8 Å². The fourth-order valence-corrected chi connectivity index (χ4v) is 4.26. The summed E-state index contributed by atoms with van der Waals surface area (Å²) < 4.78 is 6.07. The molecule has 2 aromatic carbocycles.